The van der Waals surface area contributed by atoms with Crippen molar-refractivity contribution in [3.8, 4) is 0 Å². The highest BCUT2D eigenvalue weighted by atomic mass is 16.2. The van der Waals surface area contributed by atoms with E-state index in [2.05, 4.69) is 24.5 Å². The smallest absolute Gasteiger partial charge is 0.317 e. The van der Waals surface area contributed by atoms with Gasteiger partial charge in [0.25, 0.3) is 0 Å². The quantitative estimate of drug-likeness (QED) is 0.821. The third-order valence-electron chi connectivity index (χ3n) is 4.30. The largest absolute Gasteiger partial charge is 0.335 e. The summed E-state index contributed by atoms with van der Waals surface area (Å²) in [6.45, 7) is 7.22. The zero-order valence-corrected chi connectivity index (χ0v) is 12.5. The van der Waals surface area contributed by atoms with Gasteiger partial charge in [-0.15, -0.1) is 0 Å². The van der Waals surface area contributed by atoms with Crippen molar-refractivity contribution in [1.82, 2.24) is 15.5 Å². The molecule has 0 aromatic rings. The minimum absolute atomic E-state index is 0.168. The van der Waals surface area contributed by atoms with Crippen molar-refractivity contribution in [2.45, 2.75) is 64.5 Å². The molecule has 19 heavy (non-hydrogen) atoms. The molecule has 2 rings (SSSR count). The Balaban J connectivity index is 1.74. The summed E-state index contributed by atoms with van der Waals surface area (Å²) in [6.07, 6.45) is 7.25. The fourth-order valence-electron chi connectivity index (χ4n) is 3.15. The first-order valence-corrected chi connectivity index (χ1v) is 7.94. The lowest BCUT2D eigenvalue weighted by molar-refractivity contribution is 0.160. The molecular weight excluding hydrogens is 238 g/mol. The Labute approximate surface area is 117 Å². The van der Waals surface area contributed by atoms with Gasteiger partial charge >= 0.3 is 6.03 Å². The highest BCUT2D eigenvalue weighted by Gasteiger charge is 2.25. The van der Waals surface area contributed by atoms with Gasteiger partial charge in [0.2, 0.25) is 0 Å². The van der Waals surface area contributed by atoms with E-state index in [-0.39, 0.29) is 6.03 Å². The normalized spacial score (nSPS) is 25.0. The molecule has 0 spiro atoms. The Morgan fingerprint density at radius 3 is 2.63 bits per heavy atom. The Kier molecular flexibility index (Phi) is 5.49. The summed E-state index contributed by atoms with van der Waals surface area (Å²) in [6, 6.07) is 1.13. The Hall–Kier alpha value is -0.770. The van der Waals surface area contributed by atoms with Crippen LogP contribution in [-0.2, 0) is 0 Å². The van der Waals surface area contributed by atoms with Gasteiger partial charge < -0.3 is 15.5 Å². The van der Waals surface area contributed by atoms with E-state index in [0.717, 1.165) is 38.9 Å². The lowest BCUT2D eigenvalue weighted by atomic mass is 9.98. The molecule has 4 heteroatoms. The molecule has 1 aliphatic heterocycles. The number of urea groups is 1. The van der Waals surface area contributed by atoms with Crippen LogP contribution in [0.1, 0.15) is 52.4 Å². The first kappa shape index (κ1) is 14.6. The molecule has 1 atom stereocenters. The number of rotatable bonds is 4. The van der Waals surface area contributed by atoms with E-state index in [0.29, 0.717) is 18.0 Å². The summed E-state index contributed by atoms with van der Waals surface area (Å²) in [7, 11) is 0. The molecule has 110 valence electrons. The molecule has 1 heterocycles. The van der Waals surface area contributed by atoms with E-state index in [1.165, 1.54) is 19.3 Å². The minimum Gasteiger partial charge on any atom is -0.335 e. The number of nitrogens with zero attached hydrogens (tertiary/aromatic N) is 1. The molecule has 0 aromatic carbocycles. The molecule has 1 saturated heterocycles. The summed E-state index contributed by atoms with van der Waals surface area (Å²) in [5.74, 6) is 0.616. The van der Waals surface area contributed by atoms with E-state index in [1.807, 2.05) is 4.90 Å². The van der Waals surface area contributed by atoms with Crippen LogP contribution in [0.2, 0.25) is 0 Å². The second-order valence-corrected chi connectivity index (χ2v) is 6.45. The summed E-state index contributed by atoms with van der Waals surface area (Å²) < 4.78 is 0. The van der Waals surface area contributed by atoms with Crippen molar-refractivity contribution in [2.24, 2.45) is 5.92 Å². The molecular formula is C15H29N3O. The number of hydrogen-bond acceptors (Lipinski definition) is 2. The fraction of sp³-hybridized carbons (Fsp3) is 0.933. The van der Waals surface area contributed by atoms with Crippen molar-refractivity contribution in [3.63, 3.8) is 0 Å². The second kappa shape index (κ2) is 7.13. The third kappa shape index (κ3) is 4.68. The number of likely N-dealkylation sites (tertiary alicyclic amines) is 1. The third-order valence-corrected chi connectivity index (χ3v) is 4.30. The van der Waals surface area contributed by atoms with E-state index >= 15 is 0 Å². The summed E-state index contributed by atoms with van der Waals surface area (Å²) >= 11 is 0. The Morgan fingerprint density at radius 2 is 1.95 bits per heavy atom. The molecule has 0 bridgehead atoms. The predicted octanol–water partition coefficient (Wildman–Crippen LogP) is 2.35. The molecule has 2 fully saturated rings. The van der Waals surface area contributed by atoms with Gasteiger partial charge in [0.15, 0.2) is 0 Å². The van der Waals surface area contributed by atoms with Crippen LogP contribution in [-0.4, -0.2) is 42.6 Å². The zero-order chi connectivity index (χ0) is 13.7. The maximum absolute atomic E-state index is 12.2. The van der Waals surface area contributed by atoms with Gasteiger partial charge in [0, 0.05) is 25.2 Å². The van der Waals surface area contributed by atoms with Gasteiger partial charge in [-0.05, 0) is 38.1 Å². The van der Waals surface area contributed by atoms with Crippen LogP contribution in [0.15, 0.2) is 0 Å². The number of hydrogen-bond donors (Lipinski definition) is 2. The maximum atomic E-state index is 12.2. The van der Waals surface area contributed by atoms with E-state index in [4.69, 9.17) is 0 Å². The monoisotopic (exact) mass is 267 g/mol. The van der Waals surface area contributed by atoms with E-state index in [1.54, 1.807) is 0 Å². The zero-order valence-electron chi connectivity index (χ0n) is 12.5. The first-order valence-electron chi connectivity index (χ1n) is 7.94. The molecule has 1 saturated carbocycles. The van der Waals surface area contributed by atoms with Crippen molar-refractivity contribution in [2.75, 3.05) is 19.6 Å². The predicted molar refractivity (Wildman–Crippen MR) is 78.2 cm³/mol. The lowest BCUT2D eigenvalue weighted by Crippen LogP contribution is -2.49. The second-order valence-electron chi connectivity index (χ2n) is 6.45. The highest BCUT2D eigenvalue weighted by molar-refractivity contribution is 5.74. The standard InChI is InChI=1S/C15H29N3O/c1-12(2)16-10-13-6-5-9-18(11-13)15(19)17-14-7-3-4-8-14/h12-14,16H,3-11H2,1-2H3,(H,17,19). The van der Waals surface area contributed by atoms with Gasteiger partial charge in [-0.1, -0.05) is 26.7 Å². The van der Waals surface area contributed by atoms with Gasteiger partial charge in [-0.2, -0.15) is 0 Å². The van der Waals surface area contributed by atoms with Crippen LogP contribution >= 0.6 is 0 Å². The number of piperidine rings is 1. The topological polar surface area (TPSA) is 44.4 Å². The highest BCUT2D eigenvalue weighted by Crippen LogP contribution is 2.20. The van der Waals surface area contributed by atoms with Gasteiger partial charge in [0.05, 0.1) is 0 Å². The van der Waals surface area contributed by atoms with Crippen LogP contribution < -0.4 is 10.6 Å². The van der Waals surface area contributed by atoms with E-state index < -0.39 is 0 Å². The van der Waals surface area contributed by atoms with Gasteiger partial charge in [-0.3, -0.25) is 0 Å². The van der Waals surface area contributed by atoms with Crippen molar-refractivity contribution in [1.29, 1.82) is 0 Å². The SMILES string of the molecule is CC(C)NCC1CCCN(C(=O)NC2CCCC2)C1. The number of carbonyl (C=O) groups excluding carboxylic acids is 1. The Bertz CT molecular complexity index is 287. The van der Waals surface area contributed by atoms with Crippen molar-refractivity contribution < 1.29 is 4.79 Å². The van der Waals surface area contributed by atoms with Crippen molar-refractivity contribution in [3.05, 3.63) is 0 Å². The maximum Gasteiger partial charge on any atom is 0.317 e. The molecule has 2 amide bonds. The Morgan fingerprint density at radius 1 is 1.21 bits per heavy atom. The van der Waals surface area contributed by atoms with Crippen LogP contribution in [0, 0.1) is 5.92 Å². The molecule has 2 N–H and O–H groups in total. The first-order chi connectivity index (χ1) is 9.15. The molecule has 4 nitrogen and oxygen atoms in total. The molecule has 1 aliphatic carbocycles. The number of amides is 2. The van der Waals surface area contributed by atoms with Crippen LogP contribution in [0.25, 0.3) is 0 Å². The van der Waals surface area contributed by atoms with Crippen LogP contribution in [0.4, 0.5) is 4.79 Å². The van der Waals surface area contributed by atoms with Gasteiger partial charge in [0.1, 0.15) is 0 Å². The summed E-state index contributed by atoms with van der Waals surface area (Å²) in [5.41, 5.74) is 0. The average Bonchev–Trinajstić information content (AvgIpc) is 2.89. The van der Waals surface area contributed by atoms with E-state index in [9.17, 15) is 4.79 Å². The minimum atomic E-state index is 0.168. The average molecular weight is 267 g/mol. The molecule has 2 aliphatic rings. The fourth-order valence-corrected chi connectivity index (χ4v) is 3.15. The molecule has 0 aromatic heterocycles. The van der Waals surface area contributed by atoms with Crippen LogP contribution in [0.5, 0.6) is 0 Å². The lowest BCUT2D eigenvalue weighted by Gasteiger charge is -2.34. The summed E-state index contributed by atoms with van der Waals surface area (Å²) in [4.78, 5) is 14.3. The summed E-state index contributed by atoms with van der Waals surface area (Å²) in [5, 5.41) is 6.69. The number of carbonyl (C=O) groups is 1. The molecule has 0 radical (unpaired) electrons. The van der Waals surface area contributed by atoms with Gasteiger partial charge in [-0.25, -0.2) is 4.79 Å². The van der Waals surface area contributed by atoms with Crippen LogP contribution in [0.3, 0.4) is 0 Å². The van der Waals surface area contributed by atoms with Crippen molar-refractivity contribution >= 4 is 6.03 Å². The number of nitrogens with one attached hydrogen (secondary N) is 2. The molecule has 1 unspecified atom stereocenters.